The van der Waals surface area contributed by atoms with Crippen LogP contribution >= 0.6 is 11.8 Å². The molecule has 0 spiro atoms. The van der Waals surface area contributed by atoms with E-state index >= 15 is 0 Å². The first-order valence-corrected chi connectivity index (χ1v) is 9.57. The van der Waals surface area contributed by atoms with Crippen LogP contribution in [0.3, 0.4) is 0 Å². The highest BCUT2D eigenvalue weighted by Crippen LogP contribution is 2.26. The molecule has 1 aromatic heterocycles. The molecule has 0 unspecified atom stereocenters. The van der Waals surface area contributed by atoms with Crippen LogP contribution in [-0.2, 0) is 6.54 Å². The molecule has 0 bridgehead atoms. The van der Waals surface area contributed by atoms with E-state index in [1.54, 1.807) is 6.07 Å². The van der Waals surface area contributed by atoms with Crippen molar-refractivity contribution in [1.29, 1.82) is 0 Å². The highest BCUT2D eigenvalue weighted by molar-refractivity contribution is 7.98. The lowest BCUT2D eigenvalue weighted by molar-refractivity contribution is 0.218. The standard InChI is InChI=1S/C18H24N4OS/c1-13-10-17(21-18(19-13)24-2)20-15-6-7-16(23)14(11-15)12-22-8-4-3-5-9-22/h6-7,10-11,23H,3-5,8-9,12H2,1-2H3,(H,19,20,21). The molecule has 2 heterocycles. The summed E-state index contributed by atoms with van der Waals surface area (Å²) in [6.45, 7) is 4.98. The Kier molecular flexibility index (Phi) is 5.58. The van der Waals surface area contributed by atoms with Crippen molar-refractivity contribution in [2.75, 3.05) is 24.7 Å². The van der Waals surface area contributed by atoms with E-state index in [0.717, 1.165) is 47.6 Å². The fourth-order valence-corrected chi connectivity index (χ4v) is 3.42. The first-order valence-electron chi connectivity index (χ1n) is 8.35. The predicted octanol–water partition coefficient (Wildman–Crippen LogP) is 3.94. The Morgan fingerprint density at radius 2 is 1.96 bits per heavy atom. The van der Waals surface area contributed by atoms with Crippen molar-refractivity contribution in [3.8, 4) is 5.75 Å². The molecular weight excluding hydrogens is 320 g/mol. The molecule has 5 nitrogen and oxygen atoms in total. The largest absolute Gasteiger partial charge is 0.508 e. The van der Waals surface area contributed by atoms with Crippen molar-refractivity contribution in [1.82, 2.24) is 14.9 Å². The van der Waals surface area contributed by atoms with Crippen LogP contribution in [0.4, 0.5) is 11.5 Å². The van der Waals surface area contributed by atoms with Crippen LogP contribution in [-0.4, -0.2) is 39.3 Å². The zero-order chi connectivity index (χ0) is 16.9. The number of anilines is 2. The maximum atomic E-state index is 10.2. The average Bonchev–Trinajstić information content (AvgIpc) is 2.58. The van der Waals surface area contributed by atoms with Crippen molar-refractivity contribution < 1.29 is 5.11 Å². The van der Waals surface area contributed by atoms with E-state index < -0.39 is 0 Å². The van der Waals surface area contributed by atoms with E-state index in [1.165, 1.54) is 31.0 Å². The monoisotopic (exact) mass is 344 g/mol. The molecule has 2 N–H and O–H groups in total. The second-order valence-electron chi connectivity index (χ2n) is 6.19. The van der Waals surface area contributed by atoms with E-state index in [-0.39, 0.29) is 0 Å². The second kappa shape index (κ2) is 7.85. The van der Waals surface area contributed by atoms with Gasteiger partial charge in [-0.05, 0) is 57.3 Å². The maximum Gasteiger partial charge on any atom is 0.189 e. The van der Waals surface area contributed by atoms with Crippen LogP contribution in [0.5, 0.6) is 5.75 Å². The van der Waals surface area contributed by atoms with Gasteiger partial charge in [0.1, 0.15) is 11.6 Å². The minimum Gasteiger partial charge on any atom is -0.508 e. The highest BCUT2D eigenvalue weighted by Gasteiger charge is 2.13. The number of likely N-dealkylation sites (tertiary alicyclic amines) is 1. The van der Waals surface area contributed by atoms with E-state index in [2.05, 4.69) is 20.2 Å². The molecule has 1 fully saturated rings. The van der Waals surface area contributed by atoms with Gasteiger partial charge in [0.25, 0.3) is 0 Å². The average molecular weight is 344 g/mol. The van der Waals surface area contributed by atoms with Crippen LogP contribution in [0.25, 0.3) is 0 Å². The molecule has 0 amide bonds. The Balaban J connectivity index is 1.76. The number of aromatic hydroxyl groups is 1. The molecule has 1 aliphatic heterocycles. The second-order valence-corrected chi connectivity index (χ2v) is 6.96. The summed E-state index contributed by atoms with van der Waals surface area (Å²) < 4.78 is 0. The summed E-state index contributed by atoms with van der Waals surface area (Å²) in [7, 11) is 0. The number of thioether (sulfide) groups is 1. The fraction of sp³-hybridized carbons (Fsp3) is 0.444. The topological polar surface area (TPSA) is 61.3 Å². The SMILES string of the molecule is CSc1nc(C)cc(Nc2ccc(O)c(CN3CCCCC3)c2)n1. The number of aryl methyl sites for hydroxylation is 1. The molecule has 0 radical (unpaired) electrons. The van der Waals surface area contributed by atoms with Crippen molar-refractivity contribution in [3.05, 3.63) is 35.5 Å². The minimum absolute atomic E-state index is 0.356. The zero-order valence-electron chi connectivity index (χ0n) is 14.2. The third-order valence-corrected chi connectivity index (χ3v) is 4.76. The number of benzene rings is 1. The molecular formula is C18H24N4OS. The molecule has 6 heteroatoms. The number of phenolic OH excluding ortho intramolecular Hbond substituents is 1. The number of hydrogen-bond acceptors (Lipinski definition) is 6. The lowest BCUT2D eigenvalue weighted by atomic mass is 10.1. The number of nitrogens with zero attached hydrogens (tertiary/aromatic N) is 3. The number of hydrogen-bond donors (Lipinski definition) is 2. The maximum absolute atomic E-state index is 10.2. The van der Waals surface area contributed by atoms with Crippen molar-refractivity contribution in [3.63, 3.8) is 0 Å². The molecule has 0 aliphatic carbocycles. The van der Waals surface area contributed by atoms with Gasteiger partial charge in [0.2, 0.25) is 0 Å². The van der Waals surface area contributed by atoms with Crippen molar-refractivity contribution >= 4 is 23.3 Å². The number of nitrogens with one attached hydrogen (secondary N) is 1. The summed E-state index contributed by atoms with van der Waals surface area (Å²) >= 11 is 1.53. The van der Waals surface area contributed by atoms with Gasteiger partial charge >= 0.3 is 0 Å². The van der Waals surface area contributed by atoms with Crippen LogP contribution in [0.1, 0.15) is 30.5 Å². The van der Waals surface area contributed by atoms with E-state index in [0.29, 0.717) is 5.75 Å². The lowest BCUT2D eigenvalue weighted by Crippen LogP contribution is -2.29. The normalized spacial score (nSPS) is 15.4. The molecule has 1 saturated heterocycles. The van der Waals surface area contributed by atoms with Crippen molar-refractivity contribution in [2.24, 2.45) is 0 Å². The Hall–Kier alpha value is -1.79. The third kappa shape index (κ3) is 4.39. The number of piperidine rings is 1. The van der Waals surface area contributed by atoms with Crippen LogP contribution in [0.2, 0.25) is 0 Å². The summed E-state index contributed by atoms with van der Waals surface area (Å²) in [5.74, 6) is 1.14. The molecule has 2 aromatic rings. The van der Waals surface area contributed by atoms with Gasteiger partial charge in [-0.1, -0.05) is 18.2 Å². The number of rotatable bonds is 5. The van der Waals surface area contributed by atoms with Crippen LogP contribution in [0, 0.1) is 6.92 Å². The molecule has 1 aliphatic rings. The van der Waals surface area contributed by atoms with Gasteiger partial charge in [-0.15, -0.1) is 0 Å². The van der Waals surface area contributed by atoms with Gasteiger partial charge in [0, 0.05) is 29.6 Å². The zero-order valence-corrected chi connectivity index (χ0v) is 15.1. The lowest BCUT2D eigenvalue weighted by Gasteiger charge is -2.26. The Morgan fingerprint density at radius 3 is 2.71 bits per heavy atom. The summed E-state index contributed by atoms with van der Waals surface area (Å²) in [5.41, 5.74) is 2.83. The molecule has 1 aromatic carbocycles. The van der Waals surface area contributed by atoms with Gasteiger partial charge < -0.3 is 10.4 Å². The van der Waals surface area contributed by atoms with Crippen LogP contribution in [0.15, 0.2) is 29.4 Å². The molecule has 3 rings (SSSR count). The summed E-state index contributed by atoms with van der Waals surface area (Å²) in [5, 5.41) is 14.3. The number of phenols is 1. The minimum atomic E-state index is 0.356. The first-order chi connectivity index (χ1) is 11.6. The predicted molar refractivity (Wildman–Crippen MR) is 99.1 cm³/mol. The summed E-state index contributed by atoms with van der Waals surface area (Å²) in [6.07, 6.45) is 5.78. The van der Waals surface area contributed by atoms with E-state index in [4.69, 9.17) is 0 Å². The van der Waals surface area contributed by atoms with Crippen molar-refractivity contribution in [2.45, 2.75) is 37.9 Å². The Bertz CT molecular complexity index is 701. The molecule has 128 valence electrons. The number of aromatic nitrogens is 2. The van der Waals surface area contributed by atoms with Crippen LogP contribution < -0.4 is 5.32 Å². The fourth-order valence-electron chi connectivity index (χ4n) is 2.99. The first kappa shape index (κ1) is 17.0. The highest BCUT2D eigenvalue weighted by atomic mass is 32.2. The summed E-state index contributed by atoms with van der Waals surface area (Å²) in [4.78, 5) is 11.3. The Labute approximate surface area is 147 Å². The van der Waals surface area contributed by atoms with E-state index in [1.807, 2.05) is 31.4 Å². The summed E-state index contributed by atoms with van der Waals surface area (Å²) in [6, 6.07) is 7.58. The molecule has 0 atom stereocenters. The smallest absolute Gasteiger partial charge is 0.189 e. The van der Waals surface area contributed by atoms with Gasteiger partial charge in [0.05, 0.1) is 0 Å². The quantitative estimate of drug-likeness (QED) is 0.487. The molecule has 24 heavy (non-hydrogen) atoms. The van der Waals surface area contributed by atoms with Gasteiger partial charge in [-0.25, -0.2) is 9.97 Å². The van der Waals surface area contributed by atoms with E-state index in [9.17, 15) is 5.11 Å². The molecule has 0 saturated carbocycles. The van der Waals surface area contributed by atoms with Gasteiger partial charge in [-0.2, -0.15) is 0 Å². The van der Waals surface area contributed by atoms with Gasteiger partial charge in [0.15, 0.2) is 5.16 Å². The Morgan fingerprint density at radius 1 is 1.17 bits per heavy atom. The third-order valence-electron chi connectivity index (χ3n) is 4.21. The van der Waals surface area contributed by atoms with Gasteiger partial charge in [-0.3, -0.25) is 4.90 Å².